The van der Waals surface area contributed by atoms with Gasteiger partial charge in [0.2, 0.25) is 5.91 Å². The minimum Gasteiger partial charge on any atom is -0.342 e. The first kappa shape index (κ1) is 18.0. The van der Waals surface area contributed by atoms with Crippen LogP contribution >= 0.6 is 15.9 Å². The van der Waals surface area contributed by atoms with E-state index in [-0.39, 0.29) is 10.8 Å². The third-order valence-corrected chi connectivity index (χ3v) is 9.32. The van der Waals surface area contributed by atoms with Gasteiger partial charge in [-0.1, -0.05) is 22.9 Å². The first-order valence-electron chi connectivity index (χ1n) is 10.3. The molecule has 3 nitrogen and oxygen atoms in total. The lowest BCUT2D eigenvalue weighted by Crippen LogP contribution is -2.61. The fourth-order valence-electron chi connectivity index (χ4n) is 7.57. The van der Waals surface area contributed by atoms with Gasteiger partial charge in [0.1, 0.15) is 5.78 Å². The Bertz CT molecular complexity index is 578. The molecule has 1 heterocycles. The average molecular weight is 410 g/mol. The number of halogens is 1. The number of likely N-dealkylation sites (tertiary alicyclic amines) is 1. The second-order valence-electron chi connectivity index (χ2n) is 9.43. The maximum absolute atomic E-state index is 12.9. The Hall–Kier alpha value is -0.380. The van der Waals surface area contributed by atoms with Crippen molar-refractivity contribution in [2.45, 2.75) is 77.2 Å². The third kappa shape index (κ3) is 2.49. The van der Waals surface area contributed by atoms with E-state index < -0.39 is 0 Å². The van der Waals surface area contributed by atoms with Crippen molar-refractivity contribution in [1.82, 2.24) is 4.90 Å². The molecule has 1 aliphatic heterocycles. The molecule has 4 aliphatic rings. The Labute approximate surface area is 160 Å². The van der Waals surface area contributed by atoms with Crippen molar-refractivity contribution < 1.29 is 9.59 Å². The highest BCUT2D eigenvalue weighted by atomic mass is 79.9. The van der Waals surface area contributed by atoms with Crippen molar-refractivity contribution in [3.8, 4) is 0 Å². The lowest BCUT2D eigenvalue weighted by Gasteiger charge is -2.61. The molecule has 5 unspecified atom stereocenters. The lowest BCUT2D eigenvalue weighted by molar-refractivity contribution is -0.160. The molecule has 25 heavy (non-hydrogen) atoms. The molecule has 0 N–H and O–H groups in total. The molecule has 1 amide bonds. The van der Waals surface area contributed by atoms with Gasteiger partial charge in [0, 0.05) is 36.7 Å². The topological polar surface area (TPSA) is 37.4 Å². The van der Waals surface area contributed by atoms with Gasteiger partial charge in [0.15, 0.2) is 0 Å². The van der Waals surface area contributed by atoms with Gasteiger partial charge in [-0.15, -0.1) is 0 Å². The van der Waals surface area contributed by atoms with E-state index in [9.17, 15) is 9.59 Å². The molecule has 0 aromatic carbocycles. The Morgan fingerprint density at radius 2 is 1.88 bits per heavy atom. The zero-order chi connectivity index (χ0) is 17.8. The molecule has 0 aromatic heterocycles. The van der Waals surface area contributed by atoms with E-state index >= 15 is 0 Å². The lowest BCUT2D eigenvalue weighted by atomic mass is 9.46. The number of hydrogen-bond acceptors (Lipinski definition) is 2. The monoisotopic (exact) mass is 409 g/mol. The Morgan fingerprint density at radius 1 is 1.08 bits per heavy atom. The van der Waals surface area contributed by atoms with Gasteiger partial charge in [0.05, 0.1) is 0 Å². The van der Waals surface area contributed by atoms with Crippen LogP contribution in [0.5, 0.6) is 0 Å². The van der Waals surface area contributed by atoms with Crippen LogP contribution in [-0.2, 0) is 9.59 Å². The molecular weight excluding hydrogens is 378 g/mol. The van der Waals surface area contributed by atoms with Crippen LogP contribution in [0.1, 0.15) is 71.1 Å². The summed E-state index contributed by atoms with van der Waals surface area (Å²) < 4.78 is 0. The molecule has 0 bridgehead atoms. The van der Waals surface area contributed by atoms with Crippen LogP contribution in [0.15, 0.2) is 0 Å². The van der Waals surface area contributed by atoms with Gasteiger partial charge in [-0.25, -0.2) is 0 Å². The summed E-state index contributed by atoms with van der Waals surface area (Å²) in [6.07, 6.45) is 10.6. The van der Waals surface area contributed by atoms with E-state index in [1.165, 1.54) is 12.8 Å². The van der Waals surface area contributed by atoms with Gasteiger partial charge in [-0.3, -0.25) is 9.59 Å². The summed E-state index contributed by atoms with van der Waals surface area (Å²) in [4.78, 5) is 27.2. The number of fused-ring (bicyclic) bond motifs is 5. The zero-order valence-corrected chi connectivity index (χ0v) is 17.3. The van der Waals surface area contributed by atoms with E-state index in [1.807, 2.05) is 7.05 Å². The summed E-state index contributed by atoms with van der Waals surface area (Å²) in [5.74, 6) is 2.92. The van der Waals surface area contributed by atoms with Gasteiger partial charge in [-0.2, -0.15) is 0 Å². The molecule has 3 saturated carbocycles. The number of rotatable bonds is 3. The molecule has 6 atom stereocenters. The molecule has 140 valence electrons. The largest absolute Gasteiger partial charge is 0.342 e. The first-order chi connectivity index (χ1) is 11.9. The number of Topliss-reactive ketones (excluding diaryl/α,β-unsaturated/α-hetero) is 1. The number of nitrogens with zero attached hydrogens (tertiary/aromatic N) is 1. The summed E-state index contributed by atoms with van der Waals surface area (Å²) in [5.41, 5.74) is 0.257. The van der Waals surface area contributed by atoms with Crippen LogP contribution in [0.25, 0.3) is 0 Å². The van der Waals surface area contributed by atoms with Gasteiger partial charge >= 0.3 is 0 Å². The van der Waals surface area contributed by atoms with E-state index in [2.05, 4.69) is 27.8 Å². The molecule has 0 aromatic rings. The Kier molecular flexibility index (Phi) is 4.57. The van der Waals surface area contributed by atoms with E-state index in [0.29, 0.717) is 41.9 Å². The van der Waals surface area contributed by atoms with E-state index in [0.717, 1.165) is 50.3 Å². The van der Waals surface area contributed by atoms with Gasteiger partial charge < -0.3 is 4.90 Å². The smallest absolute Gasteiger partial charge is 0.222 e. The second kappa shape index (κ2) is 6.35. The van der Waals surface area contributed by atoms with Crippen molar-refractivity contribution in [3.05, 3.63) is 0 Å². The molecule has 4 rings (SSSR count). The maximum Gasteiger partial charge on any atom is 0.222 e. The summed E-state index contributed by atoms with van der Waals surface area (Å²) in [7, 11) is 2.02. The van der Waals surface area contributed by atoms with Crippen LogP contribution in [0.2, 0.25) is 0 Å². The standard InChI is InChI=1S/C21H32BrNO2/c1-20-11-9-19(25)23(2)17(20)6-4-14-15(20)8-12-21(10-3-13-22)16(14)5-7-18(21)24/h14-17H,3-13H2,1-2H3/t14?,15?,16?,17?,20-,21?/m1/s1. The maximum atomic E-state index is 12.9. The minimum absolute atomic E-state index is 0.00544. The normalized spacial score (nSPS) is 46.6. The van der Waals surface area contributed by atoms with Crippen molar-refractivity contribution in [2.75, 3.05) is 12.4 Å². The molecular formula is C21H32BrNO2. The second-order valence-corrected chi connectivity index (χ2v) is 10.2. The quantitative estimate of drug-likeness (QED) is 0.639. The summed E-state index contributed by atoms with van der Waals surface area (Å²) in [5, 5.41) is 1.01. The number of hydrogen-bond donors (Lipinski definition) is 0. The van der Waals surface area contributed by atoms with Crippen molar-refractivity contribution in [3.63, 3.8) is 0 Å². The molecule has 0 radical (unpaired) electrons. The number of piperidine rings is 1. The van der Waals surface area contributed by atoms with Crippen molar-refractivity contribution in [2.24, 2.45) is 28.6 Å². The molecule has 4 fully saturated rings. The van der Waals surface area contributed by atoms with Gasteiger partial charge in [0.25, 0.3) is 0 Å². The molecule has 3 aliphatic carbocycles. The number of alkyl halides is 1. The van der Waals surface area contributed by atoms with E-state index in [1.54, 1.807) is 0 Å². The Balaban J connectivity index is 1.63. The van der Waals surface area contributed by atoms with Crippen LogP contribution < -0.4 is 0 Å². The van der Waals surface area contributed by atoms with Crippen LogP contribution in [0.4, 0.5) is 0 Å². The fraction of sp³-hybridized carbons (Fsp3) is 0.905. The molecule has 1 saturated heterocycles. The Morgan fingerprint density at radius 3 is 2.64 bits per heavy atom. The average Bonchev–Trinajstić information content (AvgIpc) is 2.94. The summed E-state index contributed by atoms with van der Waals surface area (Å²) >= 11 is 3.58. The van der Waals surface area contributed by atoms with Gasteiger partial charge in [-0.05, 0) is 74.5 Å². The highest BCUT2D eigenvalue weighted by molar-refractivity contribution is 9.09. The highest BCUT2D eigenvalue weighted by Crippen LogP contribution is 2.65. The fourth-order valence-corrected chi connectivity index (χ4v) is 7.85. The number of carbonyl (C=O) groups is 2. The summed E-state index contributed by atoms with van der Waals surface area (Å²) in [6.45, 7) is 2.46. The highest BCUT2D eigenvalue weighted by Gasteiger charge is 2.62. The predicted molar refractivity (Wildman–Crippen MR) is 103 cm³/mol. The van der Waals surface area contributed by atoms with Crippen LogP contribution in [0, 0.1) is 28.6 Å². The summed E-state index contributed by atoms with van der Waals surface area (Å²) in [6, 6.07) is 0.419. The molecule has 0 spiro atoms. The molecule has 4 heteroatoms. The minimum atomic E-state index is -0.00544. The number of ketones is 1. The van der Waals surface area contributed by atoms with Crippen LogP contribution in [-0.4, -0.2) is 35.0 Å². The number of amides is 1. The SMILES string of the molecule is CN1C(=O)CC[C@]2(C)C3CCC4(CCCBr)C(=O)CCC4C3CCC12. The van der Waals surface area contributed by atoms with Crippen molar-refractivity contribution >= 4 is 27.6 Å². The van der Waals surface area contributed by atoms with Crippen LogP contribution in [0.3, 0.4) is 0 Å². The predicted octanol–water partition coefficient (Wildman–Crippen LogP) is 4.57. The third-order valence-electron chi connectivity index (χ3n) is 8.76. The number of carbonyl (C=O) groups excluding carboxylic acids is 2. The van der Waals surface area contributed by atoms with Crippen molar-refractivity contribution in [1.29, 1.82) is 0 Å². The first-order valence-corrected chi connectivity index (χ1v) is 11.4. The zero-order valence-electron chi connectivity index (χ0n) is 15.7. The van der Waals surface area contributed by atoms with E-state index in [4.69, 9.17) is 0 Å².